The first kappa shape index (κ1) is 23.0. The van der Waals surface area contributed by atoms with Crippen molar-refractivity contribution in [3.8, 4) is 11.3 Å². The lowest BCUT2D eigenvalue weighted by Crippen LogP contribution is -2.44. The van der Waals surface area contributed by atoms with Gasteiger partial charge in [0.05, 0.1) is 10.7 Å². The molecule has 1 N–H and O–H groups in total. The van der Waals surface area contributed by atoms with Gasteiger partial charge in [0.2, 0.25) is 0 Å². The number of amides is 1. The number of carbonyl (C=O) groups is 1. The summed E-state index contributed by atoms with van der Waals surface area (Å²) < 4.78 is 1.05. The molecule has 0 radical (unpaired) electrons. The zero-order valence-electron chi connectivity index (χ0n) is 19.2. The molecule has 0 unspecified atom stereocenters. The van der Waals surface area contributed by atoms with E-state index < -0.39 is 0 Å². The van der Waals surface area contributed by atoms with Crippen LogP contribution in [0.25, 0.3) is 21.3 Å². The Balaban J connectivity index is 1.47. The lowest BCUT2D eigenvalue weighted by Gasteiger charge is -2.37. The molecule has 34 heavy (non-hydrogen) atoms. The first-order valence-corrected chi connectivity index (χ1v) is 13.0. The van der Waals surface area contributed by atoms with Gasteiger partial charge < -0.3 is 10.2 Å². The number of carbonyl (C=O) groups excluding carboxylic acids is 1. The monoisotopic (exact) mass is 489 g/mol. The molecule has 5 rings (SSSR count). The topological polar surface area (TPSA) is 45.2 Å². The molecule has 1 fully saturated rings. The average molecular weight is 490 g/mol. The minimum Gasteiger partial charge on any atom is -0.331 e. The molecule has 0 aliphatic heterocycles. The molecule has 1 aliphatic carbocycles. The van der Waals surface area contributed by atoms with E-state index in [-0.39, 0.29) is 11.9 Å². The van der Waals surface area contributed by atoms with Crippen molar-refractivity contribution in [2.24, 2.45) is 0 Å². The first-order chi connectivity index (χ1) is 16.6. The fourth-order valence-electron chi connectivity index (χ4n) is 4.88. The quantitative estimate of drug-likeness (QED) is 0.324. The minimum atomic E-state index is 0.0300. The predicted molar refractivity (Wildman–Crippen MR) is 141 cm³/mol. The van der Waals surface area contributed by atoms with Gasteiger partial charge in [-0.2, -0.15) is 0 Å². The maximum Gasteiger partial charge on any atom is 0.266 e. The maximum absolute atomic E-state index is 14.0. The number of nitrogens with one attached hydrogen (secondary N) is 1. The van der Waals surface area contributed by atoms with E-state index >= 15 is 0 Å². The highest BCUT2D eigenvalue weighted by Gasteiger charge is 2.31. The van der Waals surface area contributed by atoms with Gasteiger partial charge in [-0.15, -0.1) is 11.3 Å². The fraction of sp³-hybridized carbons (Fsp3) is 0.286. The Bertz CT molecular complexity index is 1280. The molecular weight excluding hydrogens is 462 g/mol. The van der Waals surface area contributed by atoms with Crippen LogP contribution in [-0.4, -0.2) is 34.9 Å². The Morgan fingerprint density at radius 3 is 2.59 bits per heavy atom. The number of hydrogen-bond donors (Lipinski definition) is 1. The number of fused-ring (bicyclic) bond motifs is 1. The highest BCUT2D eigenvalue weighted by molar-refractivity contribution is 7.21. The number of aromatic nitrogens is 1. The number of rotatable bonds is 6. The summed E-state index contributed by atoms with van der Waals surface area (Å²) in [5, 5.41) is 4.92. The molecule has 0 atom stereocenters. The van der Waals surface area contributed by atoms with Gasteiger partial charge in [0.1, 0.15) is 4.88 Å². The van der Waals surface area contributed by atoms with E-state index in [1.807, 2.05) is 61.8 Å². The fourth-order valence-corrected chi connectivity index (χ4v) is 6.35. The van der Waals surface area contributed by atoms with Crippen LogP contribution in [0.4, 0.5) is 0 Å². The van der Waals surface area contributed by atoms with Crippen molar-refractivity contribution < 1.29 is 4.79 Å². The summed E-state index contributed by atoms with van der Waals surface area (Å²) in [7, 11) is 2.02. The second kappa shape index (κ2) is 10.3. The van der Waals surface area contributed by atoms with Crippen LogP contribution in [0.2, 0.25) is 5.02 Å². The van der Waals surface area contributed by atoms with Crippen molar-refractivity contribution in [1.29, 1.82) is 0 Å². The molecule has 0 spiro atoms. The molecule has 1 aliphatic rings. The Morgan fingerprint density at radius 2 is 1.85 bits per heavy atom. The van der Waals surface area contributed by atoms with Crippen LogP contribution >= 0.6 is 22.9 Å². The van der Waals surface area contributed by atoms with Gasteiger partial charge in [0, 0.05) is 40.5 Å². The molecule has 2 aromatic carbocycles. The number of nitrogens with zero attached hydrogens (tertiary/aromatic N) is 2. The van der Waals surface area contributed by atoms with E-state index in [2.05, 4.69) is 33.4 Å². The number of hydrogen-bond acceptors (Lipinski definition) is 4. The SMILES string of the molecule is CNC1CCC(N(Cc2cccc(-c3ccccn3)c2)C(=O)c2sc3ccccc3c2Cl)CC1. The third-order valence-corrected chi connectivity index (χ3v) is 8.44. The van der Waals surface area contributed by atoms with Crippen molar-refractivity contribution in [1.82, 2.24) is 15.2 Å². The third-order valence-electron chi connectivity index (χ3n) is 6.78. The third kappa shape index (κ3) is 4.74. The van der Waals surface area contributed by atoms with E-state index in [9.17, 15) is 4.79 Å². The molecule has 0 bridgehead atoms. The van der Waals surface area contributed by atoms with Crippen LogP contribution in [0.1, 0.15) is 40.9 Å². The van der Waals surface area contributed by atoms with Gasteiger partial charge in [-0.05, 0) is 62.6 Å². The van der Waals surface area contributed by atoms with Gasteiger partial charge in [-0.1, -0.05) is 54.1 Å². The standard InChI is InChI=1S/C28H28ClN3OS/c1-30-21-12-14-22(15-13-21)32(28(33)27-26(29)23-9-2-3-11-25(23)34-27)18-19-7-6-8-20(17-19)24-10-4-5-16-31-24/h2-11,16-17,21-22,30H,12-15,18H2,1H3. The smallest absolute Gasteiger partial charge is 0.266 e. The molecule has 2 aromatic heterocycles. The number of thiophene rings is 1. The molecule has 4 nitrogen and oxygen atoms in total. The average Bonchev–Trinajstić information content (AvgIpc) is 3.24. The summed E-state index contributed by atoms with van der Waals surface area (Å²) in [5.41, 5.74) is 3.10. The van der Waals surface area contributed by atoms with Crippen LogP contribution in [0.15, 0.2) is 72.9 Å². The summed E-state index contributed by atoms with van der Waals surface area (Å²) >= 11 is 8.23. The summed E-state index contributed by atoms with van der Waals surface area (Å²) in [6.45, 7) is 0.555. The normalized spacial score (nSPS) is 18.2. The maximum atomic E-state index is 14.0. The van der Waals surface area contributed by atoms with Crippen molar-refractivity contribution in [3.05, 3.63) is 88.4 Å². The number of pyridine rings is 1. The predicted octanol–water partition coefficient (Wildman–Crippen LogP) is 6.79. The Labute approximate surface area is 209 Å². The summed E-state index contributed by atoms with van der Waals surface area (Å²) in [6, 6.07) is 23.0. The first-order valence-electron chi connectivity index (χ1n) is 11.8. The van der Waals surface area contributed by atoms with Gasteiger partial charge in [-0.3, -0.25) is 9.78 Å². The van der Waals surface area contributed by atoms with Gasteiger partial charge in [0.25, 0.3) is 5.91 Å². The highest BCUT2D eigenvalue weighted by Crippen LogP contribution is 2.37. The second-order valence-electron chi connectivity index (χ2n) is 8.88. The highest BCUT2D eigenvalue weighted by atomic mass is 35.5. The lowest BCUT2D eigenvalue weighted by atomic mass is 9.89. The van der Waals surface area contributed by atoms with Crippen LogP contribution in [0.5, 0.6) is 0 Å². The minimum absolute atomic E-state index is 0.0300. The van der Waals surface area contributed by atoms with E-state index in [1.54, 1.807) is 0 Å². The van der Waals surface area contributed by atoms with Crippen LogP contribution in [0.3, 0.4) is 0 Å². The zero-order chi connectivity index (χ0) is 23.5. The van der Waals surface area contributed by atoms with E-state index in [0.29, 0.717) is 22.5 Å². The van der Waals surface area contributed by atoms with E-state index in [0.717, 1.165) is 52.6 Å². The van der Waals surface area contributed by atoms with Crippen LogP contribution in [-0.2, 0) is 6.54 Å². The lowest BCUT2D eigenvalue weighted by molar-refractivity contribution is 0.0606. The number of benzene rings is 2. The molecule has 174 valence electrons. The molecular formula is C28H28ClN3OS. The summed E-state index contributed by atoms with van der Waals surface area (Å²) in [6.07, 6.45) is 5.92. The van der Waals surface area contributed by atoms with Crippen LogP contribution < -0.4 is 5.32 Å². The van der Waals surface area contributed by atoms with Crippen molar-refractivity contribution in [3.63, 3.8) is 0 Å². The molecule has 6 heteroatoms. The van der Waals surface area contributed by atoms with Gasteiger partial charge in [-0.25, -0.2) is 0 Å². The summed E-state index contributed by atoms with van der Waals surface area (Å²) in [4.78, 5) is 21.2. The zero-order valence-corrected chi connectivity index (χ0v) is 20.8. The molecule has 4 aromatic rings. The van der Waals surface area contributed by atoms with E-state index in [4.69, 9.17) is 11.6 Å². The van der Waals surface area contributed by atoms with Crippen molar-refractivity contribution >= 4 is 38.9 Å². The molecule has 1 amide bonds. The number of halogens is 1. The second-order valence-corrected chi connectivity index (χ2v) is 10.3. The van der Waals surface area contributed by atoms with Crippen molar-refractivity contribution in [2.45, 2.75) is 44.3 Å². The summed E-state index contributed by atoms with van der Waals surface area (Å²) in [5.74, 6) is 0.0300. The van der Waals surface area contributed by atoms with Gasteiger partial charge in [0.15, 0.2) is 0 Å². The molecule has 2 heterocycles. The molecule has 1 saturated carbocycles. The molecule has 0 saturated heterocycles. The Morgan fingerprint density at radius 1 is 1.06 bits per heavy atom. The van der Waals surface area contributed by atoms with E-state index in [1.165, 1.54) is 11.3 Å². The van der Waals surface area contributed by atoms with Crippen molar-refractivity contribution in [2.75, 3.05) is 7.05 Å². The Kier molecular flexibility index (Phi) is 6.95. The Hall–Kier alpha value is -2.73. The van der Waals surface area contributed by atoms with Crippen LogP contribution in [0, 0.1) is 0 Å². The van der Waals surface area contributed by atoms with Gasteiger partial charge >= 0.3 is 0 Å². The largest absolute Gasteiger partial charge is 0.331 e.